The van der Waals surface area contributed by atoms with Crippen molar-refractivity contribution < 1.29 is 14.3 Å². The van der Waals surface area contributed by atoms with E-state index in [1.54, 1.807) is 18.2 Å². The maximum atomic E-state index is 13.2. The van der Waals surface area contributed by atoms with Crippen LogP contribution >= 0.6 is 0 Å². The molecule has 0 radical (unpaired) electrons. The predicted molar refractivity (Wildman–Crippen MR) is 156 cm³/mol. The van der Waals surface area contributed by atoms with Crippen LogP contribution in [-0.4, -0.2) is 42.8 Å². The second kappa shape index (κ2) is 11.7. The zero-order chi connectivity index (χ0) is 28.0. The highest BCUT2D eigenvalue weighted by molar-refractivity contribution is 6.02. The van der Waals surface area contributed by atoms with Gasteiger partial charge in [-0.25, -0.2) is 9.89 Å². The van der Waals surface area contributed by atoms with Crippen LogP contribution in [0.3, 0.4) is 0 Å². The van der Waals surface area contributed by atoms with Gasteiger partial charge in [0.2, 0.25) is 0 Å². The first-order chi connectivity index (χ1) is 20.2. The molecule has 1 N–H and O–H groups in total. The van der Waals surface area contributed by atoms with Crippen molar-refractivity contribution in [2.45, 2.75) is 13.5 Å². The molecule has 4 aromatic carbocycles. The minimum atomic E-state index is -0.471. The first-order valence-electron chi connectivity index (χ1n) is 13.2. The SMILES string of the molecule is CCOc1nc2cccc(C(=O)O/C=C/c3ccccc3)c2n1Cc1ccc(-c2ccccc2-c2nnn[nH]2)cc1. The molecule has 0 saturated carbocycles. The Labute approximate surface area is 236 Å². The fourth-order valence-electron chi connectivity index (χ4n) is 4.70. The number of rotatable bonds is 9. The number of benzene rings is 4. The number of esters is 1. The monoisotopic (exact) mass is 542 g/mol. The van der Waals surface area contributed by atoms with Gasteiger partial charge in [-0.1, -0.05) is 84.9 Å². The lowest BCUT2D eigenvalue weighted by Crippen LogP contribution is -2.09. The minimum Gasteiger partial charge on any atom is -0.465 e. The lowest BCUT2D eigenvalue weighted by Gasteiger charge is -2.12. The Bertz CT molecular complexity index is 1810. The summed E-state index contributed by atoms with van der Waals surface area (Å²) in [6.45, 7) is 2.79. The Kier molecular flexibility index (Phi) is 7.31. The Morgan fingerprint density at radius 1 is 0.902 bits per heavy atom. The summed E-state index contributed by atoms with van der Waals surface area (Å²) >= 11 is 0. The van der Waals surface area contributed by atoms with Crippen molar-refractivity contribution in [1.82, 2.24) is 30.2 Å². The van der Waals surface area contributed by atoms with Gasteiger partial charge in [0.25, 0.3) is 6.01 Å². The molecule has 2 heterocycles. The number of aromatic amines is 1. The molecule has 0 bridgehead atoms. The van der Waals surface area contributed by atoms with Gasteiger partial charge in [0, 0.05) is 5.56 Å². The summed E-state index contributed by atoms with van der Waals surface area (Å²) in [4.78, 5) is 17.8. The van der Waals surface area contributed by atoms with Gasteiger partial charge in [-0.05, 0) is 57.8 Å². The molecule has 0 aliphatic carbocycles. The molecule has 0 spiro atoms. The van der Waals surface area contributed by atoms with E-state index in [2.05, 4.69) is 49.9 Å². The van der Waals surface area contributed by atoms with Crippen molar-refractivity contribution in [3.05, 3.63) is 120 Å². The topological polar surface area (TPSA) is 108 Å². The van der Waals surface area contributed by atoms with E-state index in [1.165, 1.54) is 6.26 Å². The lowest BCUT2D eigenvalue weighted by atomic mass is 9.98. The third kappa shape index (κ3) is 5.46. The quantitative estimate of drug-likeness (QED) is 0.172. The molecular formula is C32H26N6O3. The smallest absolute Gasteiger partial charge is 0.345 e. The summed E-state index contributed by atoms with van der Waals surface area (Å²) in [6.07, 6.45) is 3.16. The van der Waals surface area contributed by atoms with Gasteiger partial charge in [0.1, 0.15) is 0 Å². The minimum absolute atomic E-state index is 0.407. The molecule has 41 heavy (non-hydrogen) atoms. The van der Waals surface area contributed by atoms with Gasteiger partial charge in [-0.3, -0.25) is 4.57 Å². The van der Waals surface area contributed by atoms with E-state index in [0.29, 0.717) is 41.6 Å². The number of carbonyl (C=O) groups excluding carboxylic acids is 1. The average Bonchev–Trinajstić information content (AvgIpc) is 3.67. The second-order valence-electron chi connectivity index (χ2n) is 9.20. The summed E-state index contributed by atoms with van der Waals surface area (Å²) in [5.41, 5.74) is 6.61. The predicted octanol–water partition coefficient (Wildman–Crippen LogP) is 6.16. The van der Waals surface area contributed by atoms with Crippen molar-refractivity contribution in [3.63, 3.8) is 0 Å². The van der Waals surface area contributed by atoms with Crippen LogP contribution in [0, 0.1) is 0 Å². The number of H-pyrrole nitrogens is 1. The largest absolute Gasteiger partial charge is 0.465 e. The highest BCUT2D eigenvalue weighted by Crippen LogP contribution is 2.31. The second-order valence-corrected chi connectivity index (χ2v) is 9.20. The third-order valence-corrected chi connectivity index (χ3v) is 6.59. The highest BCUT2D eigenvalue weighted by Gasteiger charge is 2.20. The van der Waals surface area contributed by atoms with Crippen molar-refractivity contribution in [3.8, 4) is 28.5 Å². The zero-order valence-electron chi connectivity index (χ0n) is 22.3. The maximum absolute atomic E-state index is 13.2. The van der Waals surface area contributed by atoms with E-state index in [0.717, 1.165) is 27.8 Å². The third-order valence-electron chi connectivity index (χ3n) is 6.59. The molecule has 0 aliphatic heterocycles. The number of aromatic nitrogens is 6. The number of hydrogen-bond acceptors (Lipinski definition) is 7. The molecule has 9 nitrogen and oxygen atoms in total. The molecule has 0 atom stereocenters. The van der Waals surface area contributed by atoms with Gasteiger partial charge >= 0.3 is 5.97 Å². The highest BCUT2D eigenvalue weighted by atomic mass is 16.5. The standard InChI is InChI=1S/C32H26N6O3/c1-2-40-32-33-28-14-8-13-27(31(39)41-20-19-22-9-4-3-5-10-22)29(28)38(32)21-23-15-17-24(18-16-23)25-11-6-7-12-26(25)30-34-36-37-35-30/h3-20H,2,21H2,1H3,(H,34,35,36,37)/b20-19+. The van der Waals surface area contributed by atoms with Crippen LogP contribution in [0.25, 0.3) is 39.6 Å². The molecule has 0 saturated heterocycles. The molecule has 2 aromatic heterocycles. The molecule has 0 unspecified atom stereocenters. The lowest BCUT2D eigenvalue weighted by molar-refractivity contribution is 0.0667. The molecular weight excluding hydrogens is 516 g/mol. The summed E-state index contributed by atoms with van der Waals surface area (Å²) in [5, 5.41) is 14.3. The Morgan fingerprint density at radius 2 is 1.68 bits per heavy atom. The summed E-state index contributed by atoms with van der Waals surface area (Å²) in [6, 6.07) is 31.7. The van der Waals surface area contributed by atoms with Gasteiger partial charge in [-0.2, -0.15) is 4.98 Å². The van der Waals surface area contributed by atoms with Gasteiger partial charge in [0.15, 0.2) is 5.82 Å². The van der Waals surface area contributed by atoms with Crippen LogP contribution in [0.15, 0.2) is 103 Å². The van der Waals surface area contributed by atoms with E-state index < -0.39 is 5.97 Å². The van der Waals surface area contributed by atoms with Crippen molar-refractivity contribution >= 4 is 23.1 Å². The summed E-state index contributed by atoms with van der Waals surface area (Å²) in [5.74, 6) is 0.134. The molecule has 6 aromatic rings. The normalized spacial score (nSPS) is 11.2. The van der Waals surface area contributed by atoms with E-state index in [9.17, 15) is 4.79 Å². The number of nitrogens with zero attached hydrogens (tertiary/aromatic N) is 5. The Hall–Kier alpha value is -5.57. The Balaban J connectivity index is 1.31. The molecule has 0 amide bonds. The van der Waals surface area contributed by atoms with Crippen LogP contribution in [0.5, 0.6) is 6.01 Å². The van der Waals surface area contributed by atoms with E-state index in [1.807, 2.05) is 72.2 Å². The van der Waals surface area contributed by atoms with Gasteiger partial charge in [-0.15, -0.1) is 5.10 Å². The number of imidazole rings is 1. The number of para-hydroxylation sites is 1. The van der Waals surface area contributed by atoms with Crippen LogP contribution in [0.2, 0.25) is 0 Å². The van der Waals surface area contributed by atoms with E-state index in [4.69, 9.17) is 9.47 Å². The van der Waals surface area contributed by atoms with Gasteiger partial charge < -0.3 is 9.47 Å². The number of carbonyl (C=O) groups is 1. The van der Waals surface area contributed by atoms with Crippen LogP contribution < -0.4 is 4.74 Å². The molecule has 202 valence electrons. The number of hydrogen-bond donors (Lipinski definition) is 1. The summed E-state index contributed by atoms with van der Waals surface area (Å²) in [7, 11) is 0. The van der Waals surface area contributed by atoms with Crippen molar-refractivity contribution in [2.24, 2.45) is 0 Å². The fourth-order valence-corrected chi connectivity index (χ4v) is 4.70. The molecule has 0 aliphatic rings. The van der Waals surface area contributed by atoms with Crippen LogP contribution in [0.4, 0.5) is 0 Å². The molecule has 9 heteroatoms. The maximum Gasteiger partial charge on any atom is 0.345 e. The van der Waals surface area contributed by atoms with Crippen LogP contribution in [-0.2, 0) is 11.3 Å². The Morgan fingerprint density at radius 3 is 2.44 bits per heavy atom. The van der Waals surface area contributed by atoms with Crippen molar-refractivity contribution in [1.29, 1.82) is 0 Å². The number of ether oxygens (including phenoxy) is 2. The fraction of sp³-hybridized carbons (Fsp3) is 0.0938. The zero-order valence-corrected chi connectivity index (χ0v) is 22.3. The first kappa shape index (κ1) is 25.7. The van der Waals surface area contributed by atoms with Crippen molar-refractivity contribution in [2.75, 3.05) is 6.61 Å². The first-order valence-corrected chi connectivity index (χ1v) is 13.2. The van der Waals surface area contributed by atoms with Gasteiger partial charge in [0.05, 0.1) is 36.0 Å². The van der Waals surface area contributed by atoms with Crippen LogP contribution in [0.1, 0.15) is 28.4 Å². The van der Waals surface area contributed by atoms with E-state index in [-0.39, 0.29) is 0 Å². The number of nitrogens with one attached hydrogen (secondary N) is 1. The average molecular weight is 543 g/mol. The number of tetrazole rings is 1. The summed E-state index contributed by atoms with van der Waals surface area (Å²) < 4.78 is 13.3. The molecule has 0 fully saturated rings. The van der Waals surface area contributed by atoms with E-state index >= 15 is 0 Å². The molecule has 6 rings (SSSR count). The number of fused-ring (bicyclic) bond motifs is 1.